The van der Waals surface area contributed by atoms with Gasteiger partial charge in [-0.05, 0) is 38.0 Å². The number of rotatable bonds is 5. The van der Waals surface area contributed by atoms with Crippen molar-refractivity contribution in [1.82, 2.24) is 9.78 Å². The number of anilines is 2. The van der Waals surface area contributed by atoms with Gasteiger partial charge >= 0.3 is 0 Å². The van der Waals surface area contributed by atoms with E-state index in [-0.39, 0.29) is 5.91 Å². The van der Waals surface area contributed by atoms with E-state index in [4.69, 9.17) is 0 Å². The van der Waals surface area contributed by atoms with Gasteiger partial charge in [0, 0.05) is 29.2 Å². The van der Waals surface area contributed by atoms with Crippen molar-refractivity contribution in [2.75, 3.05) is 10.6 Å². The summed E-state index contributed by atoms with van der Waals surface area (Å²) in [4.78, 5) is 12.5. The smallest absolute Gasteiger partial charge is 0.258 e. The van der Waals surface area contributed by atoms with Crippen LogP contribution in [0.15, 0.2) is 42.9 Å². The number of hydrogen-bond donors (Lipinski definition) is 2. The molecule has 3 rings (SSSR count). The van der Waals surface area contributed by atoms with Crippen LogP contribution >= 0.6 is 0 Å². The zero-order valence-electron chi connectivity index (χ0n) is 14.3. The monoisotopic (exact) mass is 322 g/mol. The van der Waals surface area contributed by atoms with Gasteiger partial charge in [-0.1, -0.05) is 25.6 Å². The molecule has 1 aromatic heterocycles. The molecule has 0 bridgehead atoms. The lowest BCUT2D eigenvalue weighted by molar-refractivity contribution is -0.110. The van der Waals surface area contributed by atoms with E-state index >= 15 is 0 Å². The Morgan fingerprint density at radius 3 is 2.88 bits per heavy atom. The van der Waals surface area contributed by atoms with Crippen LogP contribution < -0.4 is 10.6 Å². The van der Waals surface area contributed by atoms with E-state index in [2.05, 4.69) is 36.2 Å². The Labute approximate surface area is 142 Å². The normalized spacial score (nSPS) is 15.2. The minimum absolute atomic E-state index is 0.0770. The summed E-state index contributed by atoms with van der Waals surface area (Å²) in [5.41, 5.74) is 5.20. The summed E-state index contributed by atoms with van der Waals surface area (Å²) in [6, 6.07) is 6.15. The lowest BCUT2D eigenvalue weighted by Gasteiger charge is -2.11. The Hall–Kier alpha value is -2.82. The predicted molar refractivity (Wildman–Crippen MR) is 98.6 cm³/mol. The maximum absolute atomic E-state index is 12.5. The Morgan fingerprint density at radius 2 is 2.25 bits per heavy atom. The molecule has 0 saturated heterocycles. The van der Waals surface area contributed by atoms with Crippen molar-refractivity contribution >= 4 is 28.9 Å². The van der Waals surface area contributed by atoms with Crippen LogP contribution in [0.25, 0.3) is 11.6 Å². The number of carbonyl (C=O) groups is 1. The number of fused-ring (bicyclic) bond motifs is 1. The molecule has 0 fully saturated rings. The van der Waals surface area contributed by atoms with Crippen LogP contribution in [0, 0.1) is 0 Å². The summed E-state index contributed by atoms with van der Waals surface area (Å²) < 4.78 is 1.89. The van der Waals surface area contributed by atoms with Crippen LogP contribution in [-0.2, 0) is 4.79 Å². The SMILES string of the molecule is C=Cc1ccc2c(c1)C(=C(CC)Nc1cnn(C(C)C)c1)C(=O)N2. The van der Waals surface area contributed by atoms with Gasteiger partial charge in [0.1, 0.15) is 0 Å². The van der Waals surface area contributed by atoms with E-state index < -0.39 is 0 Å². The first-order valence-corrected chi connectivity index (χ1v) is 8.16. The molecule has 0 saturated carbocycles. The van der Waals surface area contributed by atoms with Gasteiger partial charge in [-0.15, -0.1) is 0 Å². The molecule has 2 aromatic rings. The summed E-state index contributed by atoms with van der Waals surface area (Å²) in [7, 11) is 0. The molecule has 0 unspecified atom stereocenters. The van der Waals surface area contributed by atoms with E-state index in [9.17, 15) is 4.79 Å². The molecule has 2 heterocycles. The van der Waals surface area contributed by atoms with Crippen LogP contribution in [0.5, 0.6) is 0 Å². The summed E-state index contributed by atoms with van der Waals surface area (Å²) in [6.45, 7) is 9.99. The summed E-state index contributed by atoms with van der Waals surface area (Å²) in [5.74, 6) is -0.0770. The maximum atomic E-state index is 12.5. The molecule has 0 aliphatic carbocycles. The number of carbonyl (C=O) groups excluding carboxylic acids is 1. The summed E-state index contributed by atoms with van der Waals surface area (Å²) in [6.07, 6.45) is 6.23. The quantitative estimate of drug-likeness (QED) is 0.807. The third kappa shape index (κ3) is 2.85. The molecule has 1 aliphatic rings. The van der Waals surface area contributed by atoms with Gasteiger partial charge in [0.15, 0.2) is 0 Å². The average Bonchev–Trinajstić information content (AvgIpc) is 3.16. The van der Waals surface area contributed by atoms with Crippen molar-refractivity contribution in [3.05, 3.63) is 54.0 Å². The summed E-state index contributed by atoms with van der Waals surface area (Å²) >= 11 is 0. The fourth-order valence-corrected chi connectivity index (χ4v) is 2.80. The van der Waals surface area contributed by atoms with Gasteiger partial charge in [-0.25, -0.2) is 0 Å². The minimum atomic E-state index is -0.0770. The van der Waals surface area contributed by atoms with E-state index in [1.54, 1.807) is 12.3 Å². The summed E-state index contributed by atoms with van der Waals surface area (Å²) in [5, 5.41) is 10.6. The molecule has 5 nitrogen and oxygen atoms in total. The van der Waals surface area contributed by atoms with Crippen molar-refractivity contribution in [3.63, 3.8) is 0 Å². The van der Waals surface area contributed by atoms with Gasteiger partial charge in [-0.3, -0.25) is 9.48 Å². The Morgan fingerprint density at radius 1 is 1.46 bits per heavy atom. The number of amides is 1. The first-order valence-electron chi connectivity index (χ1n) is 8.16. The van der Waals surface area contributed by atoms with Crippen molar-refractivity contribution < 1.29 is 4.79 Å². The molecule has 0 atom stereocenters. The molecule has 0 spiro atoms. The minimum Gasteiger partial charge on any atom is -0.356 e. The second kappa shape index (κ2) is 6.35. The fraction of sp³-hybridized carbons (Fsp3) is 0.263. The third-order valence-electron chi connectivity index (χ3n) is 4.11. The number of nitrogens with zero attached hydrogens (tertiary/aromatic N) is 2. The third-order valence-corrected chi connectivity index (χ3v) is 4.11. The zero-order valence-corrected chi connectivity index (χ0v) is 14.3. The highest BCUT2D eigenvalue weighted by Crippen LogP contribution is 2.35. The number of nitrogens with one attached hydrogen (secondary N) is 2. The second-order valence-corrected chi connectivity index (χ2v) is 6.10. The van der Waals surface area contributed by atoms with Gasteiger partial charge in [0.05, 0.1) is 17.5 Å². The van der Waals surface area contributed by atoms with Crippen molar-refractivity contribution in [2.45, 2.75) is 33.2 Å². The Bertz CT molecular complexity index is 830. The molecule has 2 N–H and O–H groups in total. The number of hydrogen-bond acceptors (Lipinski definition) is 3. The topological polar surface area (TPSA) is 59.0 Å². The van der Waals surface area contributed by atoms with Gasteiger partial charge in [-0.2, -0.15) is 5.10 Å². The van der Waals surface area contributed by atoms with E-state index in [0.29, 0.717) is 18.0 Å². The zero-order chi connectivity index (χ0) is 17.3. The van der Waals surface area contributed by atoms with Crippen LogP contribution in [0.1, 0.15) is 44.4 Å². The number of benzene rings is 1. The molecule has 124 valence electrons. The molecule has 24 heavy (non-hydrogen) atoms. The van der Waals surface area contributed by atoms with Gasteiger partial charge in [0.2, 0.25) is 0 Å². The molecule has 1 amide bonds. The highest BCUT2D eigenvalue weighted by molar-refractivity contribution is 6.32. The first-order chi connectivity index (χ1) is 11.5. The van der Waals surface area contributed by atoms with E-state index in [0.717, 1.165) is 28.2 Å². The number of aromatic nitrogens is 2. The molecular weight excluding hydrogens is 300 g/mol. The van der Waals surface area contributed by atoms with Gasteiger partial charge in [0.25, 0.3) is 5.91 Å². The predicted octanol–water partition coefficient (Wildman–Crippen LogP) is 4.29. The first kappa shape index (κ1) is 16.1. The highest BCUT2D eigenvalue weighted by Gasteiger charge is 2.27. The van der Waals surface area contributed by atoms with Crippen LogP contribution in [0.2, 0.25) is 0 Å². The lowest BCUT2D eigenvalue weighted by atomic mass is 10.0. The highest BCUT2D eigenvalue weighted by atomic mass is 16.2. The Balaban J connectivity index is 2.02. The second-order valence-electron chi connectivity index (χ2n) is 6.10. The van der Waals surface area contributed by atoms with E-state index in [1.807, 2.05) is 36.0 Å². The van der Waals surface area contributed by atoms with Gasteiger partial charge < -0.3 is 10.6 Å². The van der Waals surface area contributed by atoms with Crippen LogP contribution in [-0.4, -0.2) is 15.7 Å². The van der Waals surface area contributed by atoms with Crippen molar-refractivity contribution in [3.8, 4) is 0 Å². The van der Waals surface area contributed by atoms with Crippen LogP contribution in [0.3, 0.4) is 0 Å². The Kier molecular flexibility index (Phi) is 4.25. The molecule has 0 radical (unpaired) electrons. The lowest BCUT2D eigenvalue weighted by Crippen LogP contribution is -2.10. The fourth-order valence-electron chi connectivity index (χ4n) is 2.80. The van der Waals surface area contributed by atoms with Crippen molar-refractivity contribution in [2.24, 2.45) is 0 Å². The average molecular weight is 322 g/mol. The standard InChI is InChI=1S/C19H22N4O/c1-5-13-7-8-17-15(9-13)18(19(24)22-17)16(6-2)21-14-10-20-23(11-14)12(3)4/h5,7-12,21H,1,6H2,2-4H3,(H,22,24). The number of allylic oxidation sites excluding steroid dienone is 1. The molecule has 1 aromatic carbocycles. The molecular formula is C19H22N4O. The van der Waals surface area contributed by atoms with Crippen LogP contribution in [0.4, 0.5) is 11.4 Å². The molecule has 1 aliphatic heterocycles. The largest absolute Gasteiger partial charge is 0.356 e. The van der Waals surface area contributed by atoms with E-state index in [1.165, 1.54) is 0 Å². The maximum Gasteiger partial charge on any atom is 0.258 e. The van der Waals surface area contributed by atoms with Crippen molar-refractivity contribution in [1.29, 1.82) is 0 Å². The molecule has 5 heteroatoms.